The van der Waals surface area contributed by atoms with Crippen molar-refractivity contribution in [2.75, 3.05) is 0 Å². The van der Waals surface area contributed by atoms with Crippen LogP contribution in [0.25, 0.3) is 0 Å². The molecule has 0 spiro atoms. The molecule has 6 heteroatoms. The number of carboxylic acids is 1. The molecule has 1 aromatic rings. The summed E-state index contributed by atoms with van der Waals surface area (Å²) in [5, 5.41) is 11.1. The van der Waals surface area contributed by atoms with E-state index in [4.69, 9.17) is 10.8 Å². The maximum atomic E-state index is 11.5. The lowest BCUT2D eigenvalue weighted by atomic mass is 10.1. The summed E-state index contributed by atoms with van der Waals surface area (Å²) in [4.78, 5) is 33.0. The Kier molecular flexibility index (Phi) is 5.78. The number of carboxylic acid groups (broad SMARTS) is 1. The topological polar surface area (TPSA) is 109 Å². The molecule has 20 heavy (non-hydrogen) atoms. The van der Waals surface area contributed by atoms with Crippen molar-refractivity contribution >= 4 is 17.8 Å². The third-order valence-electron chi connectivity index (χ3n) is 2.38. The smallest absolute Gasteiger partial charge is 0.326 e. The second kappa shape index (κ2) is 7.59. The Morgan fingerprint density at radius 1 is 1.25 bits per heavy atom. The van der Waals surface area contributed by atoms with Crippen LogP contribution in [0.2, 0.25) is 0 Å². The Morgan fingerprint density at radius 3 is 2.45 bits per heavy atom. The highest BCUT2D eigenvalue weighted by Crippen LogP contribution is 1.98. The summed E-state index contributed by atoms with van der Waals surface area (Å²) in [6, 6.07) is 7.63. The van der Waals surface area contributed by atoms with Crippen molar-refractivity contribution in [3.8, 4) is 11.8 Å². The first kappa shape index (κ1) is 15.2. The molecule has 104 valence electrons. The average molecular weight is 274 g/mol. The zero-order valence-electron chi connectivity index (χ0n) is 10.6. The summed E-state index contributed by atoms with van der Waals surface area (Å²) in [5.41, 5.74) is 5.58. The van der Waals surface area contributed by atoms with Gasteiger partial charge in [-0.15, -0.1) is 0 Å². The zero-order valence-corrected chi connectivity index (χ0v) is 10.6. The first-order chi connectivity index (χ1) is 9.49. The first-order valence-electron chi connectivity index (χ1n) is 5.87. The molecule has 2 amide bonds. The predicted molar refractivity (Wildman–Crippen MR) is 71.3 cm³/mol. The number of hydrogen-bond acceptors (Lipinski definition) is 3. The molecule has 0 fully saturated rings. The number of nitrogens with one attached hydrogen (secondary N) is 1. The fraction of sp³-hybridized carbons (Fsp3) is 0.214. The molecule has 0 radical (unpaired) electrons. The lowest BCUT2D eigenvalue weighted by Gasteiger charge is -2.10. The Labute approximate surface area is 116 Å². The molecule has 0 saturated carbocycles. The molecule has 0 aliphatic heterocycles. The molecule has 0 heterocycles. The lowest BCUT2D eigenvalue weighted by Crippen LogP contribution is -2.40. The van der Waals surface area contributed by atoms with Crippen LogP contribution in [0.15, 0.2) is 30.3 Å². The minimum atomic E-state index is -1.24. The Bertz CT molecular complexity index is 558. The maximum Gasteiger partial charge on any atom is 0.326 e. The van der Waals surface area contributed by atoms with E-state index in [1.807, 2.05) is 6.07 Å². The molecule has 0 aliphatic carbocycles. The number of carbonyl (C=O) groups is 3. The third-order valence-corrected chi connectivity index (χ3v) is 2.38. The van der Waals surface area contributed by atoms with E-state index in [1.54, 1.807) is 24.3 Å². The highest BCUT2D eigenvalue weighted by atomic mass is 16.4. The van der Waals surface area contributed by atoms with Crippen molar-refractivity contribution in [1.82, 2.24) is 5.32 Å². The van der Waals surface area contributed by atoms with Crippen molar-refractivity contribution in [2.45, 2.75) is 18.9 Å². The van der Waals surface area contributed by atoms with Crippen molar-refractivity contribution < 1.29 is 19.5 Å². The molecule has 1 atom stereocenters. The van der Waals surface area contributed by atoms with Gasteiger partial charge >= 0.3 is 5.97 Å². The van der Waals surface area contributed by atoms with Gasteiger partial charge < -0.3 is 16.2 Å². The second-order valence-corrected chi connectivity index (χ2v) is 3.99. The summed E-state index contributed by atoms with van der Waals surface area (Å²) >= 11 is 0. The summed E-state index contributed by atoms with van der Waals surface area (Å²) in [5.74, 6) is 2.32. The van der Waals surface area contributed by atoms with Crippen LogP contribution in [0.4, 0.5) is 0 Å². The largest absolute Gasteiger partial charge is 0.480 e. The van der Waals surface area contributed by atoms with Crippen LogP contribution in [-0.2, 0) is 14.4 Å². The number of aliphatic carboxylic acids is 1. The first-order valence-corrected chi connectivity index (χ1v) is 5.87. The van der Waals surface area contributed by atoms with E-state index in [1.165, 1.54) is 0 Å². The van der Waals surface area contributed by atoms with E-state index in [0.717, 1.165) is 0 Å². The molecule has 1 rings (SSSR count). The van der Waals surface area contributed by atoms with E-state index >= 15 is 0 Å². The Morgan fingerprint density at radius 2 is 1.90 bits per heavy atom. The molecule has 0 aliphatic rings. The molecule has 0 bridgehead atoms. The number of nitrogens with two attached hydrogens (primary N) is 1. The van der Waals surface area contributed by atoms with Crippen LogP contribution >= 0.6 is 0 Å². The van der Waals surface area contributed by atoms with E-state index < -0.39 is 23.8 Å². The fourth-order valence-corrected chi connectivity index (χ4v) is 1.39. The standard InChI is InChI=1S/C14H14N2O4/c15-12(17)8-7-11(14(19)20)16-13(18)9-6-10-4-2-1-3-5-10/h1-5,11H,7-8H2,(H2,15,17)(H,16,18)(H,19,20)/t11-/m0/s1. The van der Waals surface area contributed by atoms with Gasteiger partial charge in [0, 0.05) is 17.9 Å². The van der Waals surface area contributed by atoms with Gasteiger partial charge in [0.1, 0.15) is 6.04 Å². The van der Waals surface area contributed by atoms with Crippen LogP contribution in [0.1, 0.15) is 18.4 Å². The zero-order chi connectivity index (χ0) is 15.0. The van der Waals surface area contributed by atoms with Gasteiger partial charge in [0.2, 0.25) is 5.91 Å². The summed E-state index contributed by atoms with van der Waals surface area (Å²) in [6.45, 7) is 0. The van der Waals surface area contributed by atoms with Gasteiger partial charge in [0.25, 0.3) is 5.91 Å². The van der Waals surface area contributed by atoms with E-state index in [-0.39, 0.29) is 12.8 Å². The molecule has 0 saturated heterocycles. The molecular weight excluding hydrogens is 260 g/mol. The molecular formula is C14H14N2O4. The third kappa shape index (κ3) is 5.69. The molecule has 0 unspecified atom stereocenters. The highest BCUT2D eigenvalue weighted by Gasteiger charge is 2.19. The Hall–Kier alpha value is -2.81. The molecule has 6 nitrogen and oxygen atoms in total. The van der Waals surface area contributed by atoms with E-state index in [0.29, 0.717) is 5.56 Å². The van der Waals surface area contributed by atoms with Gasteiger partial charge in [-0.2, -0.15) is 0 Å². The van der Waals surface area contributed by atoms with Gasteiger partial charge in [-0.1, -0.05) is 24.1 Å². The van der Waals surface area contributed by atoms with Gasteiger partial charge in [-0.25, -0.2) is 4.79 Å². The average Bonchev–Trinajstić information content (AvgIpc) is 2.41. The van der Waals surface area contributed by atoms with Crippen molar-refractivity contribution in [2.24, 2.45) is 5.73 Å². The SMILES string of the molecule is NC(=O)CC[C@H](NC(=O)C#Cc1ccccc1)C(=O)O. The molecule has 4 N–H and O–H groups in total. The minimum Gasteiger partial charge on any atom is -0.480 e. The number of primary amides is 1. The summed E-state index contributed by atoms with van der Waals surface area (Å²) in [7, 11) is 0. The molecule has 0 aromatic heterocycles. The van der Waals surface area contributed by atoms with Gasteiger partial charge in [0.15, 0.2) is 0 Å². The number of benzene rings is 1. The highest BCUT2D eigenvalue weighted by molar-refractivity contribution is 5.96. The van der Waals surface area contributed by atoms with Gasteiger partial charge in [0.05, 0.1) is 0 Å². The number of amides is 2. The van der Waals surface area contributed by atoms with Crippen LogP contribution in [-0.4, -0.2) is 28.9 Å². The van der Waals surface area contributed by atoms with Crippen LogP contribution in [0.3, 0.4) is 0 Å². The van der Waals surface area contributed by atoms with Crippen molar-refractivity contribution in [3.05, 3.63) is 35.9 Å². The van der Waals surface area contributed by atoms with E-state index in [2.05, 4.69) is 17.2 Å². The number of rotatable bonds is 5. The molecule has 1 aromatic carbocycles. The summed E-state index contributed by atoms with van der Waals surface area (Å²) < 4.78 is 0. The van der Waals surface area contributed by atoms with Gasteiger partial charge in [-0.05, 0) is 18.6 Å². The fourth-order valence-electron chi connectivity index (χ4n) is 1.39. The lowest BCUT2D eigenvalue weighted by molar-refractivity contribution is -0.141. The predicted octanol–water partition coefficient (Wildman–Crippen LogP) is -0.127. The van der Waals surface area contributed by atoms with E-state index in [9.17, 15) is 14.4 Å². The monoisotopic (exact) mass is 274 g/mol. The number of hydrogen-bond donors (Lipinski definition) is 3. The Balaban J connectivity index is 2.61. The number of carbonyl (C=O) groups excluding carboxylic acids is 2. The van der Waals surface area contributed by atoms with Crippen LogP contribution < -0.4 is 11.1 Å². The normalized spacial score (nSPS) is 10.8. The summed E-state index contributed by atoms with van der Waals surface area (Å²) in [6.07, 6.45) is -0.188. The minimum absolute atomic E-state index is 0.0660. The second-order valence-electron chi connectivity index (χ2n) is 3.99. The van der Waals surface area contributed by atoms with Crippen LogP contribution in [0.5, 0.6) is 0 Å². The van der Waals surface area contributed by atoms with Crippen molar-refractivity contribution in [3.63, 3.8) is 0 Å². The van der Waals surface area contributed by atoms with Gasteiger partial charge in [-0.3, -0.25) is 9.59 Å². The maximum absolute atomic E-state index is 11.5. The van der Waals surface area contributed by atoms with Crippen LogP contribution in [0, 0.1) is 11.8 Å². The van der Waals surface area contributed by atoms with Crippen molar-refractivity contribution in [1.29, 1.82) is 0 Å². The quantitative estimate of drug-likeness (QED) is 0.650.